The molecule has 1 atom stereocenters. The molecule has 8 heteroatoms. The van der Waals surface area contributed by atoms with Crippen LogP contribution in [-0.2, 0) is 24.3 Å². The minimum absolute atomic E-state index is 0.193. The van der Waals surface area contributed by atoms with Crippen LogP contribution < -0.4 is 0 Å². The van der Waals surface area contributed by atoms with Crippen molar-refractivity contribution in [2.45, 2.75) is 38.6 Å². The molecule has 0 radical (unpaired) electrons. The summed E-state index contributed by atoms with van der Waals surface area (Å²) in [4.78, 5) is 22.2. The van der Waals surface area contributed by atoms with E-state index in [1.807, 2.05) is 0 Å². The molecule has 0 saturated carbocycles. The Morgan fingerprint density at radius 2 is 2.05 bits per heavy atom. The number of rotatable bonds is 6. The number of carboxylic acids is 1. The summed E-state index contributed by atoms with van der Waals surface area (Å²) in [6, 6.07) is -0.813. The third-order valence-corrected chi connectivity index (χ3v) is 4.82. The zero-order valence-corrected chi connectivity index (χ0v) is 11.7. The normalized spacial score (nSPS) is 21.0. The molecule has 0 amide bonds. The van der Waals surface area contributed by atoms with Crippen LogP contribution in [0.3, 0.4) is 0 Å². The number of aliphatic carboxylic acids is 1. The van der Waals surface area contributed by atoms with Crippen molar-refractivity contribution < 1.29 is 27.9 Å². The summed E-state index contributed by atoms with van der Waals surface area (Å²) in [5.74, 6) is -2.22. The number of hydrogen-bond donors (Lipinski definition) is 1. The molecule has 1 saturated heterocycles. The second-order valence-corrected chi connectivity index (χ2v) is 6.38. The van der Waals surface area contributed by atoms with Gasteiger partial charge in [0, 0.05) is 6.54 Å². The van der Waals surface area contributed by atoms with Crippen molar-refractivity contribution in [1.29, 1.82) is 0 Å². The number of carboxylic acid groups (broad SMARTS) is 1. The predicted molar refractivity (Wildman–Crippen MR) is 67.0 cm³/mol. The number of sulfonamides is 1. The van der Waals surface area contributed by atoms with E-state index in [9.17, 15) is 18.0 Å². The van der Waals surface area contributed by atoms with Crippen LogP contribution in [0.4, 0.5) is 0 Å². The van der Waals surface area contributed by atoms with E-state index in [1.165, 1.54) is 0 Å². The predicted octanol–water partition coefficient (Wildman–Crippen LogP) is 0.209. The van der Waals surface area contributed by atoms with Crippen molar-refractivity contribution in [3.63, 3.8) is 0 Å². The van der Waals surface area contributed by atoms with Crippen molar-refractivity contribution in [2.75, 3.05) is 18.9 Å². The van der Waals surface area contributed by atoms with Crippen LogP contribution in [0.25, 0.3) is 0 Å². The van der Waals surface area contributed by atoms with Crippen LogP contribution in [0.5, 0.6) is 0 Å². The van der Waals surface area contributed by atoms with E-state index in [1.54, 1.807) is 6.92 Å². The summed E-state index contributed by atoms with van der Waals surface area (Å²) in [6.07, 6.45) is 1.39. The minimum Gasteiger partial charge on any atom is -0.481 e. The molecule has 1 heterocycles. The van der Waals surface area contributed by atoms with E-state index in [0.29, 0.717) is 12.8 Å². The summed E-state index contributed by atoms with van der Waals surface area (Å²) in [5, 5.41) is 8.56. The van der Waals surface area contributed by atoms with E-state index in [4.69, 9.17) is 9.84 Å². The zero-order chi connectivity index (χ0) is 14.5. The Morgan fingerprint density at radius 1 is 1.37 bits per heavy atom. The summed E-state index contributed by atoms with van der Waals surface area (Å²) in [7, 11) is -3.74. The van der Waals surface area contributed by atoms with Gasteiger partial charge in [-0.3, -0.25) is 9.59 Å². The zero-order valence-electron chi connectivity index (χ0n) is 10.9. The molecule has 1 N–H and O–H groups in total. The van der Waals surface area contributed by atoms with Crippen LogP contribution in [0.1, 0.15) is 32.6 Å². The average Bonchev–Trinajstić information content (AvgIpc) is 2.37. The van der Waals surface area contributed by atoms with E-state index >= 15 is 0 Å². The van der Waals surface area contributed by atoms with Gasteiger partial charge in [-0.2, -0.15) is 4.31 Å². The van der Waals surface area contributed by atoms with E-state index in [-0.39, 0.29) is 13.2 Å². The smallest absolute Gasteiger partial charge is 0.324 e. The summed E-state index contributed by atoms with van der Waals surface area (Å²) < 4.78 is 30.1. The van der Waals surface area contributed by atoms with Crippen LogP contribution in [0.15, 0.2) is 0 Å². The fourth-order valence-electron chi connectivity index (χ4n) is 2.05. The molecule has 0 bridgehead atoms. The molecule has 0 spiro atoms. The second-order valence-electron chi connectivity index (χ2n) is 4.33. The number of carbonyl (C=O) groups excluding carboxylic acids is 1. The first-order chi connectivity index (χ1) is 8.88. The maximum absolute atomic E-state index is 12.1. The van der Waals surface area contributed by atoms with Gasteiger partial charge < -0.3 is 9.84 Å². The lowest BCUT2D eigenvalue weighted by molar-refractivity contribution is -0.148. The monoisotopic (exact) mass is 293 g/mol. The number of ether oxygens (including phenoxy) is 1. The Hall–Kier alpha value is -1.15. The first-order valence-corrected chi connectivity index (χ1v) is 7.87. The number of piperidine rings is 1. The number of hydrogen-bond acceptors (Lipinski definition) is 5. The Labute approximate surface area is 112 Å². The lowest BCUT2D eigenvalue weighted by Gasteiger charge is -2.32. The second kappa shape index (κ2) is 6.85. The molecule has 19 heavy (non-hydrogen) atoms. The van der Waals surface area contributed by atoms with Gasteiger partial charge in [0.05, 0.1) is 18.8 Å². The molecule has 1 aliphatic heterocycles. The molecule has 0 aromatic rings. The Kier molecular flexibility index (Phi) is 5.74. The molecule has 0 aliphatic carbocycles. The van der Waals surface area contributed by atoms with Crippen LogP contribution >= 0.6 is 0 Å². The quantitative estimate of drug-likeness (QED) is 0.702. The van der Waals surface area contributed by atoms with Crippen molar-refractivity contribution in [2.24, 2.45) is 0 Å². The van der Waals surface area contributed by atoms with Crippen molar-refractivity contribution in [3.8, 4) is 0 Å². The van der Waals surface area contributed by atoms with Gasteiger partial charge in [0.25, 0.3) is 0 Å². The van der Waals surface area contributed by atoms with Crippen LogP contribution in [0.2, 0.25) is 0 Å². The maximum Gasteiger partial charge on any atom is 0.324 e. The van der Waals surface area contributed by atoms with E-state index in [2.05, 4.69) is 0 Å². The highest BCUT2D eigenvalue weighted by atomic mass is 32.2. The first kappa shape index (κ1) is 15.9. The molecule has 0 aromatic carbocycles. The molecule has 1 aliphatic rings. The Bertz CT molecular complexity index is 432. The molecule has 1 fully saturated rings. The molecular weight excluding hydrogens is 274 g/mol. The Balaban J connectivity index is 2.81. The van der Waals surface area contributed by atoms with Crippen LogP contribution in [0, 0.1) is 0 Å². The van der Waals surface area contributed by atoms with Gasteiger partial charge in [-0.15, -0.1) is 0 Å². The Morgan fingerprint density at radius 3 is 2.63 bits per heavy atom. The van der Waals surface area contributed by atoms with Gasteiger partial charge in [-0.25, -0.2) is 8.42 Å². The molecule has 110 valence electrons. The fourth-order valence-corrected chi connectivity index (χ4v) is 3.70. The highest BCUT2D eigenvalue weighted by molar-refractivity contribution is 7.89. The maximum atomic E-state index is 12.1. The highest BCUT2D eigenvalue weighted by Crippen LogP contribution is 2.22. The number of nitrogens with zero attached hydrogens (tertiary/aromatic N) is 1. The number of esters is 1. The molecule has 1 rings (SSSR count). The lowest BCUT2D eigenvalue weighted by atomic mass is 10.1. The van der Waals surface area contributed by atoms with E-state index in [0.717, 1.165) is 10.7 Å². The van der Waals surface area contributed by atoms with Crippen molar-refractivity contribution in [3.05, 3.63) is 0 Å². The van der Waals surface area contributed by atoms with Gasteiger partial charge in [-0.1, -0.05) is 0 Å². The molecule has 1 unspecified atom stereocenters. The van der Waals surface area contributed by atoms with Crippen molar-refractivity contribution in [1.82, 2.24) is 4.31 Å². The summed E-state index contributed by atoms with van der Waals surface area (Å²) >= 11 is 0. The van der Waals surface area contributed by atoms with Gasteiger partial charge in [0.15, 0.2) is 0 Å². The van der Waals surface area contributed by atoms with Crippen molar-refractivity contribution >= 4 is 22.0 Å². The largest absolute Gasteiger partial charge is 0.481 e. The standard InChI is InChI=1S/C11H19NO6S/c1-2-18-11(15)9-5-3-4-7-12(9)19(16,17)8-6-10(13)14/h9H,2-8H2,1H3,(H,13,14). The van der Waals surface area contributed by atoms with Gasteiger partial charge in [-0.05, 0) is 26.2 Å². The SMILES string of the molecule is CCOC(=O)C1CCCCN1S(=O)(=O)CCC(=O)O. The topological polar surface area (TPSA) is 101 Å². The average molecular weight is 293 g/mol. The molecule has 0 aromatic heterocycles. The highest BCUT2D eigenvalue weighted by Gasteiger charge is 2.37. The van der Waals surface area contributed by atoms with Gasteiger partial charge >= 0.3 is 11.9 Å². The van der Waals surface area contributed by atoms with Gasteiger partial charge in [0.2, 0.25) is 10.0 Å². The third-order valence-electron chi connectivity index (χ3n) is 2.94. The van der Waals surface area contributed by atoms with Gasteiger partial charge in [0.1, 0.15) is 6.04 Å². The fraction of sp³-hybridized carbons (Fsp3) is 0.818. The van der Waals surface area contributed by atoms with Crippen LogP contribution in [-0.4, -0.2) is 54.7 Å². The summed E-state index contributed by atoms with van der Waals surface area (Å²) in [6.45, 7) is 2.09. The minimum atomic E-state index is -3.74. The van der Waals surface area contributed by atoms with E-state index < -0.39 is 40.2 Å². The molecular formula is C11H19NO6S. The number of carbonyl (C=O) groups is 2. The first-order valence-electron chi connectivity index (χ1n) is 6.26. The molecule has 7 nitrogen and oxygen atoms in total. The lowest BCUT2D eigenvalue weighted by Crippen LogP contribution is -2.49. The third kappa shape index (κ3) is 4.46. The summed E-state index contributed by atoms with van der Waals surface area (Å²) in [5.41, 5.74) is 0.